The fourth-order valence-corrected chi connectivity index (χ4v) is 6.75. The van der Waals surface area contributed by atoms with E-state index in [0.29, 0.717) is 60.7 Å². The molecule has 1 atom stereocenters. The fourth-order valence-electron chi connectivity index (χ4n) is 6.75. The van der Waals surface area contributed by atoms with Crippen LogP contribution >= 0.6 is 0 Å². The topological polar surface area (TPSA) is 125 Å². The van der Waals surface area contributed by atoms with Crippen LogP contribution in [0.2, 0.25) is 0 Å². The minimum absolute atomic E-state index is 0.0142. The highest BCUT2D eigenvalue weighted by molar-refractivity contribution is 6.04. The molecule has 5 aromatic rings. The molecule has 7 rings (SSSR count). The first-order chi connectivity index (χ1) is 21.7. The number of aryl methyl sites for hydroxylation is 2. The molecule has 0 radical (unpaired) electrons. The molecule has 0 aliphatic carbocycles. The molecule has 1 amide bonds. The van der Waals surface area contributed by atoms with Crippen molar-refractivity contribution in [2.45, 2.75) is 46.1 Å². The van der Waals surface area contributed by atoms with Crippen LogP contribution in [0.1, 0.15) is 43.0 Å². The van der Waals surface area contributed by atoms with Gasteiger partial charge < -0.3 is 15.1 Å². The van der Waals surface area contributed by atoms with Crippen LogP contribution in [0.25, 0.3) is 38.9 Å². The van der Waals surface area contributed by atoms with E-state index in [9.17, 15) is 9.59 Å². The Morgan fingerprint density at radius 3 is 2.76 bits per heavy atom. The predicted molar refractivity (Wildman–Crippen MR) is 173 cm³/mol. The maximum Gasteiger partial charge on any atom is 0.355 e. The number of pyridine rings is 2. The Hall–Kier alpha value is -5.13. The summed E-state index contributed by atoms with van der Waals surface area (Å²) in [5.41, 5.74) is 4.40. The number of benzene rings is 1. The van der Waals surface area contributed by atoms with E-state index >= 15 is 4.39 Å². The molecule has 2 aliphatic rings. The summed E-state index contributed by atoms with van der Waals surface area (Å²) >= 11 is 0. The Balaban J connectivity index is 1.59. The van der Waals surface area contributed by atoms with Crippen LogP contribution in [-0.2, 0) is 4.79 Å². The third-order valence-corrected chi connectivity index (χ3v) is 8.96. The Labute approximate surface area is 258 Å². The molecule has 1 saturated heterocycles. The molecule has 1 aromatic carbocycles. The fraction of sp³-hybridized carbons (Fsp3) is 0.333. The molecule has 45 heavy (non-hydrogen) atoms. The SMILES string of the molecule is C=CC(=O)N1CCN2c3nc(=O)n(-c4c(C)ccnc4C(C)C)c4nc(-c5c(C)ccc6[nH]ncc56)c(F)c(c34)NCCC2C1. The Morgan fingerprint density at radius 1 is 1.16 bits per heavy atom. The Kier molecular flexibility index (Phi) is 6.87. The second-order valence-corrected chi connectivity index (χ2v) is 12.1. The molecule has 230 valence electrons. The van der Waals surface area contributed by atoms with Gasteiger partial charge in [-0.2, -0.15) is 10.1 Å². The number of amides is 1. The molecular weight excluding hydrogens is 573 g/mol. The van der Waals surface area contributed by atoms with Gasteiger partial charge in [0.05, 0.1) is 34.2 Å². The molecular formula is C33H34FN9O2. The van der Waals surface area contributed by atoms with Crippen molar-refractivity contribution in [3.63, 3.8) is 0 Å². The number of hydrogen-bond donors (Lipinski definition) is 2. The lowest BCUT2D eigenvalue weighted by atomic mass is 9.98. The molecule has 1 fully saturated rings. The van der Waals surface area contributed by atoms with Crippen molar-refractivity contribution in [2.24, 2.45) is 0 Å². The van der Waals surface area contributed by atoms with Crippen molar-refractivity contribution in [3.8, 4) is 16.9 Å². The summed E-state index contributed by atoms with van der Waals surface area (Å²) in [6, 6.07) is 5.51. The summed E-state index contributed by atoms with van der Waals surface area (Å²) in [6.45, 7) is 13.2. The van der Waals surface area contributed by atoms with Gasteiger partial charge in [0.1, 0.15) is 11.5 Å². The van der Waals surface area contributed by atoms with Gasteiger partial charge in [0.25, 0.3) is 0 Å². The van der Waals surface area contributed by atoms with Crippen molar-refractivity contribution in [1.29, 1.82) is 0 Å². The molecule has 6 heterocycles. The van der Waals surface area contributed by atoms with Gasteiger partial charge in [-0.05, 0) is 55.5 Å². The second-order valence-electron chi connectivity index (χ2n) is 12.1. The van der Waals surface area contributed by atoms with Crippen LogP contribution in [-0.4, -0.2) is 72.7 Å². The van der Waals surface area contributed by atoms with E-state index in [1.165, 1.54) is 10.6 Å². The van der Waals surface area contributed by atoms with E-state index in [2.05, 4.69) is 32.1 Å². The number of piperazine rings is 1. The maximum absolute atomic E-state index is 17.0. The summed E-state index contributed by atoms with van der Waals surface area (Å²) in [6.07, 6.45) is 5.31. The molecule has 1 unspecified atom stereocenters. The third kappa shape index (κ3) is 4.46. The summed E-state index contributed by atoms with van der Waals surface area (Å²) in [7, 11) is 0. The normalized spacial score (nSPS) is 16.4. The first kappa shape index (κ1) is 28.6. The highest BCUT2D eigenvalue weighted by Crippen LogP contribution is 2.42. The van der Waals surface area contributed by atoms with Gasteiger partial charge in [-0.3, -0.25) is 14.9 Å². The number of rotatable bonds is 4. The summed E-state index contributed by atoms with van der Waals surface area (Å²) in [5.74, 6) is -0.334. The van der Waals surface area contributed by atoms with Gasteiger partial charge in [0.2, 0.25) is 5.91 Å². The largest absolute Gasteiger partial charge is 0.382 e. The van der Waals surface area contributed by atoms with Crippen molar-refractivity contribution in [1.82, 2.24) is 34.6 Å². The zero-order chi connectivity index (χ0) is 31.6. The average Bonchev–Trinajstić information content (AvgIpc) is 3.49. The third-order valence-electron chi connectivity index (χ3n) is 8.96. The highest BCUT2D eigenvalue weighted by Gasteiger charge is 2.35. The zero-order valence-electron chi connectivity index (χ0n) is 25.7. The van der Waals surface area contributed by atoms with Gasteiger partial charge in [-0.25, -0.2) is 18.7 Å². The van der Waals surface area contributed by atoms with E-state index in [4.69, 9.17) is 4.98 Å². The lowest BCUT2D eigenvalue weighted by molar-refractivity contribution is -0.126. The lowest BCUT2D eigenvalue weighted by Crippen LogP contribution is -2.56. The number of H-pyrrole nitrogens is 1. The number of carbonyl (C=O) groups is 1. The molecule has 0 spiro atoms. The zero-order valence-corrected chi connectivity index (χ0v) is 25.7. The molecule has 2 N–H and O–H groups in total. The number of fused-ring (bicyclic) bond motifs is 3. The predicted octanol–water partition coefficient (Wildman–Crippen LogP) is 4.62. The van der Waals surface area contributed by atoms with E-state index < -0.39 is 11.5 Å². The smallest absolute Gasteiger partial charge is 0.355 e. The van der Waals surface area contributed by atoms with Crippen LogP contribution in [0.5, 0.6) is 0 Å². The van der Waals surface area contributed by atoms with Crippen molar-refractivity contribution < 1.29 is 9.18 Å². The number of hydrogen-bond acceptors (Lipinski definition) is 8. The molecule has 0 bridgehead atoms. The van der Waals surface area contributed by atoms with E-state index in [1.807, 2.05) is 50.8 Å². The second kappa shape index (κ2) is 10.8. The number of halogens is 1. The van der Waals surface area contributed by atoms with E-state index in [0.717, 1.165) is 22.0 Å². The monoisotopic (exact) mass is 607 g/mol. The molecule has 4 aromatic heterocycles. The summed E-state index contributed by atoms with van der Waals surface area (Å²) in [5, 5.41) is 11.7. The minimum atomic E-state index is -0.534. The van der Waals surface area contributed by atoms with Crippen LogP contribution in [0.4, 0.5) is 15.9 Å². The number of carbonyl (C=O) groups excluding carboxylic acids is 1. The van der Waals surface area contributed by atoms with Crippen LogP contribution in [0.15, 0.2) is 48.0 Å². The van der Waals surface area contributed by atoms with Crippen molar-refractivity contribution in [2.75, 3.05) is 36.4 Å². The highest BCUT2D eigenvalue weighted by atomic mass is 19.1. The number of nitrogens with zero attached hydrogens (tertiary/aromatic N) is 7. The van der Waals surface area contributed by atoms with Crippen molar-refractivity contribution in [3.05, 3.63) is 76.4 Å². The first-order valence-electron chi connectivity index (χ1n) is 15.2. The van der Waals surface area contributed by atoms with E-state index in [-0.39, 0.29) is 34.9 Å². The summed E-state index contributed by atoms with van der Waals surface area (Å²) < 4.78 is 18.5. The maximum atomic E-state index is 17.0. The summed E-state index contributed by atoms with van der Waals surface area (Å²) in [4.78, 5) is 44.9. The number of anilines is 2. The molecule has 11 nitrogen and oxygen atoms in total. The molecule has 0 saturated carbocycles. The number of nitrogens with one attached hydrogen (secondary N) is 2. The van der Waals surface area contributed by atoms with Crippen LogP contribution < -0.4 is 15.9 Å². The first-order valence-corrected chi connectivity index (χ1v) is 15.2. The van der Waals surface area contributed by atoms with Gasteiger partial charge >= 0.3 is 5.69 Å². The van der Waals surface area contributed by atoms with Gasteiger partial charge in [0.15, 0.2) is 11.5 Å². The van der Waals surface area contributed by atoms with Crippen LogP contribution in [0.3, 0.4) is 0 Å². The van der Waals surface area contributed by atoms with E-state index in [1.54, 1.807) is 17.3 Å². The number of aromatic amines is 1. The lowest BCUT2D eigenvalue weighted by Gasteiger charge is -2.43. The molecule has 12 heteroatoms. The standard InChI is InChI=1S/C33H34FN9O2/c1-6-23(44)41-13-14-42-20(16-41)10-12-36-28-25-31(42)39-33(45)43(30-19(5)9-11-35-27(30)17(2)3)32(25)38-29(26(28)34)24-18(4)7-8-22-21(24)15-37-40-22/h6-9,11,15,17,20,36H,1,10,12-14,16H2,2-5H3,(H,37,40). The quantitative estimate of drug-likeness (QED) is 0.284. The number of aromatic nitrogens is 6. The van der Waals surface area contributed by atoms with Crippen molar-refractivity contribution >= 4 is 39.3 Å². The Morgan fingerprint density at radius 2 is 1.98 bits per heavy atom. The Bertz CT molecular complexity index is 2080. The molecule has 2 aliphatic heterocycles. The van der Waals surface area contributed by atoms with Gasteiger partial charge in [-0.1, -0.05) is 26.5 Å². The minimum Gasteiger partial charge on any atom is -0.382 e. The van der Waals surface area contributed by atoms with Crippen LogP contribution in [0, 0.1) is 19.7 Å². The van der Waals surface area contributed by atoms with Gasteiger partial charge in [0, 0.05) is 49.4 Å². The van der Waals surface area contributed by atoms with Gasteiger partial charge in [-0.15, -0.1) is 0 Å². The average molecular weight is 608 g/mol.